The lowest BCUT2D eigenvalue weighted by atomic mass is 9.86. The Balaban J connectivity index is 1.61. The quantitative estimate of drug-likeness (QED) is 0.309. The summed E-state index contributed by atoms with van der Waals surface area (Å²) in [5.41, 5.74) is -0.180. The SMILES string of the molecule is CC(=O)C(=O)SCCNCCCNC[C@@H]1OC2(CCCC(=O)O2)OCC1(C)C. The van der Waals surface area contributed by atoms with Gasteiger partial charge in [-0.2, -0.15) is 0 Å². The minimum absolute atomic E-state index is 0.117. The van der Waals surface area contributed by atoms with Gasteiger partial charge in [0.15, 0.2) is 0 Å². The van der Waals surface area contributed by atoms with Crippen molar-refractivity contribution in [3.05, 3.63) is 0 Å². The Labute approximate surface area is 170 Å². The molecule has 2 saturated heterocycles. The van der Waals surface area contributed by atoms with Gasteiger partial charge < -0.3 is 24.8 Å². The van der Waals surface area contributed by atoms with Crippen LogP contribution in [0.3, 0.4) is 0 Å². The highest BCUT2D eigenvalue weighted by atomic mass is 32.2. The number of esters is 1. The van der Waals surface area contributed by atoms with E-state index in [1.807, 2.05) is 0 Å². The van der Waals surface area contributed by atoms with Crippen molar-refractivity contribution in [2.24, 2.45) is 5.41 Å². The Hall–Kier alpha value is -1.00. The summed E-state index contributed by atoms with van der Waals surface area (Å²) < 4.78 is 17.3. The molecule has 1 unspecified atom stereocenters. The Morgan fingerprint density at radius 2 is 1.96 bits per heavy atom. The van der Waals surface area contributed by atoms with E-state index in [9.17, 15) is 14.4 Å². The lowest BCUT2D eigenvalue weighted by molar-refractivity contribution is -0.427. The first-order chi connectivity index (χ1) is 13.2. The summed E-state index contributed by atoms with van der Waals surface area (Å²) >= 11 is 1.05. The predicted octanol–water partition coefficient (Wildman–Crippen LogP) is 1.23. The van der Waals surface area contributed by atoms with E-state index in [-0.39, 0.29) is 22.6 Å². The lowest BCUT2D eigenvalue weighted by Crippen LogP contribution is -2.58. The third-order valence-electron chi connectivity index (χ3n) is 4.83. The fourth-order valence-electron chi connectivity index (χ4n) is 3.04. The van der Waals surface area contributed by atoms with Crippen molar-refractivity contribution in [1.29, 1.82) is 0 Å². The average molecular weight is 417 g/mol. The second-order valence-corrected chi connectivity index (χ2v) is 8.96. The number of hydrogen-bond donors (Lipinski definition) is 2. The van der Waals surface area contributed by atoms with Crippen LogP contribution in [0.15, 0.2) is 0 Å². The second kappa shape index (κ2) is 10.7. The van der Waals surface area contributed by atoms with Crippen molar-refractivity contribution in [2.45, 2.75) is 58.5 Å². The molecular weight excluding hydrogens is 384 g/mol. The van der Waals surface area contributed by atoms with Crippen LogP contribution in [0.5, 0.6) is 0 Å². The van der Waals surface area contributed by atoms with Gasteiger partial charge >= 0.3 is 11.9 Å². The monoisotopic (exact) mass is 416 g/mol. The summed E-state index contributed by atoms with van der Waals surface area (Å²) in [5, 5.41) is 6.27. The number of ether oxygens (including phenoxy) is 3. The molecule has 0 bridgehead atoms. The van der Waals surface area contributed by atoms with Crippen LogP contribution in [-0.4, -0.2) is 67.5 Å². The highest BCUT2D eigenvalue weighted by molar-refractivity contribution is 8.15. The maximum Gasteiger partial charge on any atom is 0.329 e. The van der Waals surface area contributed by atoms with Crippen molar-refractivity contribution in [3.63, 3.8) is 0 Å². The summed E-state index contributed by atoms with van der Waals surface area (Å²) in [5.74, 6) is -1.30. The summed E-state index contributed by atoms with van der Waals surface area (Å²) in [4.78, 5) is 33.6. The third kappa shape index (κ3) is 7.11. The van der Waals surface area contributed by atoms with Crippen LogP contribution in [0.4, 0.5) is 0 Å². The first-order valence-electron chi connectivity index (χ1n) is 9.87. The summed E-state index contributed by atoms with van der Waals surface area (Å²) in [6.07, 6.45) is 2.50. The molecule has 160 valence electrons. The molecule has 28 heavy (non-hydrogen) atoms. The summed E-state index contributed by atoms with van der Waals surface area (Å²) in [6, 6.07) is 0. The van der Waals surface area contributed by atoms with Crippen molar-refractivity contribution >= 4 is 28.6 Å². The Morgan fingerprint density at radius 1 is 1.21 bits per heavy atom. The minimum atomic E-state index is -1.21. The zero-order valence-corrected chi connectivity index (χ0v) is 17.8. The maximum atomic E-state index is 11.6. The molecule has 0 aromatic carbocycles. The molecule has 8 nitrogen and oxygen atoms in total. The predicted molar refractivity (Wildman–Crippen MR) is 106 cm³/mol. The average Bonchev–Trinajstić information content (AvgIpc) is 2.63. The molecule has 0 saturated carbocycles. The molecule has 0 aromatic heterocycles. The van der Waals surface area contributed by atoms with Crippen molar-refractivity contribution in [3.8, 4) is 0 Å². The van der Waals surface area contributed by atoms with Gasteiger partial charge in [-0.1, -0.05) is 25.6 Å². The fourth-order valence-corrected chi connectivity index (χ4v) is 3.68. The Bertz CT molecular complexity index is 571. The third-order valence-corrected chi connectivity index (χ3v) is 5.78. The largest absolute Gasteiger partial charge is 0.408 e. The highest BCUT2D eigenvalue weighted by Gasteiger charge is 2.50. The van der Waals surface area contributed by atoms with E-state index in [1.165, 1.54) is 6.92 Å². The normalized spacial score (nSPS) is 26.8. The lowest BCUT2D eigenvalue weighted by Gasteiger charge is -2.48. The molecule has 2 atom stereocenters. The van der Waals surface area contributed by atoms with E-state index >= 15 is 0 Å². The van der Waals surface area contributed by atoms with E-state index in [4.69, 9.17) is 14.2 Å². The van der Waals surface area contributed by atoms with Crippen LogP contribution in [0, 0.1) is 5.41 Å². The number of ketones is 1. The number of carbonyl (C=O) groups excluding carboxylic acids is 3. The zero-order chi connectivity index (χ0) is 20.6. The molecule has 0 aliphatic carbocycles. The molecule has 2 fully saturated rings. The molecule has 9 heteroatoms. The van der Waals surface area contributed by atoms with Crippen molar-refractivity contribution < 1.29 is 28.6 Å². The zero-order valence-electron chi connectivity index (χ0n) is 17.0. The van der Waals surface area contributed by atoms with Crippen LogP contribution in [-0.2, 0) is 28.6 Å². The van der Waals surface area contributed by atoms with Gasteiger partial charge in [-0.25, -0.2) is 0 Å². The number of thioether (sulfide) groups is 1. The van der Waals surface area contributed by atoms with Gasteiger partial charge in [0.25, 0.3) is 5.12 Å². The van der Waals surface area contributed by atoms with Crippen LogP contribution >= 0.6 is 11.8 Å². The molecule has 2 rings (SSSR count). The number of nitrogens with one attached hydrogen (secondary N) is 2. The van der Waals surface area contributed by atoms with Crippen LogP contribution < -0.4 is 10.6 Å². The van der Waals surface area contributed by atoms with E-state index in [0.29, 0.717) is 44.7 Å². The number of carbonyl (C=O) groups is 3. The summed E-state index contributed by atoms with van der Waals surface area (Å²) in [7, 11) is 0. The fraction of sp³-hybridized carbons (Fsp3) is 0.842. The number of Topliss-reactive ketones (excluding diaryl/α,β-unsaturated/α-hetero) is 1. The first kappa shape index (κ1) is 23.3. The molecule has 2 aliphatic rings. The molecule has 2 aliphatic heterocycles. The van der Waals surface area contributed by atoms with Crippen LogP contribution in [0.2, 0.25) is 0 Å². The molecule has 0 aromatic rings. The van der Waals surface area contributed by atoms with Gasteiger partial charge in [0, 0.05) is 44.0 Å². The van der Waals surface area contributed by atoms with E-state index < -0.39 is 11.8 Å². The molecule has 0 radical (unpaired) electrons. The minimum Gasteiger partial charge on any atom is -0.408 e. The Morgan fingerprint density at radius 3 is 2.68 bits per heavy atom. The van der Waals surface area contributed by atoms with Gasteiger partial charge in [0.05, 0.1) is 12.7 Å². The molecule has 2 N–H and O–H groups in total. The molecule has 1 spiro atoms. The van der Waals surface area contributed by atoms with Gasteiger partial charge in [-0.15, -0.1) is 0 Å². The van der Waals surface area contributed by atoms with Gasteiger partial charge in [0.1, 0.15) is 0 Å². The first-order valence-corrected chi connectivity index (χ1v) is 10.9. The van der Waals surface area contributed by atoms with Gasteiger partial charge in [0.2, 0.25) is 5.78 Å². The van der Waals surface area contributed by atoms with Crippen LogP contribution in [0.1, 0.15) is 46.5 Å². The van der Waals surface area contributed by atoms with Gasteiger partial charge in [-0.05, 0) is 25.9 Å². The van der Waals surface area contributed by atoms with E-state index in [0.717, 1.165) is 31.3 Å². The number of rotatable bonds is 10. The van der Waals surface area contributed by atoms with Crippen molar-refractivity contribution in [1.82, 2.24) is 10.6 Å². The topological polar surface area (TPSA) is 103 Å². The molecular formula is C19H32N2O6S. The van der Waals surface area contributed by atoms with Crippen molar-refractivity contribution in [2.75, 3.05) is 38.5 Å². The molecule has 0 amide bonds. The van der Waals surface area contributed by atoms with Crippen LogP contribution in [0.25, 0.3) is 0 Å². The smallest absolute Gasteiger partial charge is 0.329 e. The second-order valence-electron chi connectivity index (χ2n) is 7.89. The summed E-state index contributed by atoms with van der Waals surface area (Å²) in [6.45, 7) is 8.91. The van der Waals surface area contributed by atoms with E-state index in [1.54, 1.807) is 0 Å². The van der Waals surface area contributed by atoms with E-state index in [2.05, 4.69) is 24.5 Å². The molecule has 2 heterocycles. The Kier molecular flexibility index (Phi) is 8.88. The standard InChI is InChI=1S/C19H32N2O6S/c1-14(22)17(24)28-11-10-20-8-5-9-21-12-15-18(2,3)13-25-19(26-15)7-4-6-16(23)27-19/h15,20-21H,4-13H2,1-3H3/t15-,19?/m0/s1. The highest BCUT2D eigenvalue weighted by Crippen LogP contribution is 2.40. The number of hydrogen-bond acceptors (Lipinski definition) is 9. The maximum absolute atomic E-state index is 11.6. The van der Waals surface area contributed by atoms with Gasteiger partial charge in [-0.3, -0.25) is 14.4 Å².